The molecule has 1 amide bonds. The fourth-order valence-electron chi connectivity index (χ4n) is 1.34. The molecule has 0 N–H and O–H groups in total. The average molecular weight is 231 g/mol. The van der Waals surface area contributed by atoms with E-state index >= 15 is 0 Å². The van der Waals surface area contributed by atoms with Crippen LogP contribution in [0.5, 0.6) is 0 Å². The van der Waals surface area contributed by atoms with Crippen molar-refractivity contribution in [2.24, 2.45) is 5.41 Å². The normalized spacial score (nSPS) is 11.8. The maximum atomic E-state index is 11.7. The van der Waals surface area contributed by atoms with Gasteiger partial charge in [-0.25, -0.2) is 0 Å². The van der Waals surface area contributed by atoms with E-state index in [4.69, 9.17) is 0 Å². The number of benzene rings is 1. The highest BCUT2D eigenvalue weighted by atomic mass is 16.2. The molecule has 92 valence electrons. The molecule has 0 saturated heterocycles. The summed E-state index contributed by atoms with van der Waals surface area (Å²) < 4.78 is 0. The van der Waals surface area contributed by atoms with Gasteiger partial charge in [-0.05, 0) is 23.1 Å². The number of amides is 1. The Morgan fingerprint density at radius 3 is 2.06 bits per heavy atom. The third-order valence-corrected chi connectivity index (χ3v) is 2.34. The van der Waals surface area contributed by atoms with Crippen molar-refractivity contribution in [2.45, 2.75) is 20.8 Å². The van der Waals surface area contributed by atoms with E-state index in [0.29, 0.717) is 0 Å². The highest BCUT2D eigenvalue weighted by Crippen LogP contribution is 2.17. The van der Waals surface area contributed by atoms with Gasteiger partial charge in [-0.3, -0.25) is 4.79 Å². The van der Waals surface area contributed by atoms with Gasteiger partial charge in [0.1, 0.15) is 0 Å². The molecule has 0 spiro atoms. The summed E-state index contributed by atoms with van der Waals surface area (Å²) in [4.78, 5) is 13.3. The monoisotopic (exact) mass is 231 g/mol. The molecule has 0 aliphatic carbocycles. The lowest BCUT2D eigenvalue weighted by atomic mass is 9.95. The van der Waals surface area contributed by atoms with Crippen molar-refractivity contribution in [3.8, 4) is 0 Å². The minimum absolute atomic E-state index is 0.0383. The lowest BCUT2D eigenvalue weighted by Crippen LogP contribution is -2.21. The summed E-state index contributed by atoms with van der Waals surface area (Å²) in [5.74, 6) is 0.0383. The molecule has 0 bridgehead atoms. The van der Waals surface area contributed by atoms with Crippen LogP contribution in [0.2, 0.25) is 0 Å². The van der Waals surface area contributed by atoms with Crippen molar-refractivity contribution in [3.63, 3.8) is 0 Å². The van der Waals surface area contributed by atoms with Crippen LogP contribution in [-0.4, -0.2) is 24.9 Å². The topological polar surface area (TPSA) is 20.3 Å². The first kappa shape index (κ1) is 13.5. The maximum absolute atomic E-state index is 11.7. The van der Waals surface area contributed by atoms with Crippen molar-refractivity contribution in [1.29, 1.82) is 0 Å². The van der Waals surface area contributed by atoms with Gasteiger partial charge < -0.3 is 4.90 Å². The molecule has 0 unspecified atom stereocenters. The van der Waals surface area contributed by atoms with Gasteiger partial charge in [-0.15, -0.1) is 0 Å². The third kappa shape index (κ3) is 4.43. The van der Waals surface area contributed by atoms with Crippen LogP contribution in [0.3, 0.4) is 0 Å². The Morgan fingerprint density at radius 2 is 1.65 bits per heavy atom. The second-order valence-electron chi connectivity index (χ2n) is 5.52. The summed E-state index contributed by atoms with van der Waals surface area (Å²) in [7, 11) is 3.52. The highest BCUT2D eigenvalue weighted by Gasteiger charge is 2.07. The Morgan fingerprint density at radius 1 is 1.12 bits per heavy atom. The van der Waals surface area contributed by atoms with E-state index < -0.39 is 0 Å². The van der Waals surface area contributed by atoms with E-state index in [1.165, 1.54) is 0 Å². The van der Waals surface area contributed by atoms with Gasteiger partial charge >= 0.3 is 0 Å². The molecule has 0 radical (unpaired) electrons. The number of allylic oxidation sites excluding steroid dienone is 1. The van der Waals surface area contributed by atoms with Gasteiger partial charge in [0.2, 0.25) is 0 Å². The summed E-state index contributed by atoms with van der Waals surface area (Å²) in [5, 5.41) is 0. The van der Waals surface area contributed by atoms with Crippen LogP contribution in [0.15, 0.2) is 30.3 Å². The molecule has 0 aliphatic heterocycles. The van der Waals surface area contributed by atoms with E-state index in [-0.39, 0.29) is 11.3 Å². The van der Waals surface area contributed by atoms with Crippen LogP contribution in [0.25, 0.3) is 6.08 Å². The SMILES string of the molecule is CN(C)C(=O)c1ccc(/C=C/C(C)(C)C)cc1. The molecule has 0 aromatic heterocycles. The van der Waals surface area contributed by atoms with Crippen molar-refractivity contribution in [3.05, 3.63) is 41.5 Å². The first-order valence-electron chi connectivity index (χ1n) is 5.80. The Kier molecular flexibility index (Phi) is 4.11. The van der Waals surface area contributed by atoms with Crippen LogP contribution >= 0.6 is 0 Å². The Balaban J connectivity index is 2.82. The van der Waals surface area contributed by atoms with Crippen LogP contribution in [0.4, 0.5) is 0 Å². The zero-order valence-electron chi connectivity index (χ0n) is 11.3. The standard InChI is InChI=1S/C15H21NO/c1-15(2,3)11-10-12-6-8-13(9-7-12)14(17)16(4)5/h6-11H,1-5H3/b11-10+. The van der Waals surface area contributed by atoms with E-state index in [0.717, 1.165) is 11.1 Å². The Hall–Kier alpha value is -1.57. The zero-order valence-corrected chi connectivity index (χ0v) is 11.3. The molecule has 1 aromatic carbocycles. The van der Waals surface area contributed by atoms with Gasteiger partial charge in [0.15, 0.2) is 0 Å². The summed E-state index contributed by atoms with van der Waals surface area (Å²) in [6, 6.07) is 7.67. The van der Waals surface area contributed by atoms with E-state index in [1.54, 1.807) is 19.0 Å². The summed E-state index contributed by atoms with van der Waals surface area (Å²) >= 11 is 0. The Bertz CT molecular complexity index is 408. The van der Waals surface area contributed by atoms with Crippen LogP contribution in [0, 0.1) is 5.41 Å². The molecule has 0 atom stereocenters. The molecule has 1 rings (SSSR count). The first-order valence-corrected chi connectivity index (χ1v) is 5.80. The van der Waals surface area contributed by atoms with Crippen LogP contribution in [0.1, 0.15) is 36.7 Å². The number of rotatable bonds is 2. The van der Waals surface area contributed by atoms with Crippen LogP contribution in [-0.2, 0) is 0 Å². The van der Waals surface area contributed by atoms with Crippen molar-refractivity contribution in [2.75, 3.05) is 14.1 Å². The van der Waals surface area contributed by atoms with Crippen molar-refractivity contribution >= 4 is 12.0 Å². The van der Waals surface area contributed by atoms with Crippen molar-refractivity contribution < 1.29 is 4.79 Å². The quantitative estimate of drug-likeness (QED) is 0.763. The predicted octanol–water partition coefficient (Wildman–Crippen LogP) is 3.45. The molecule has 0 saturated carbocycles. The molecule has 0 heterocycles. The van der Waals surface area contributed by atoms with Gasteiger partial charge in [0.05, 0.1) is 0 Å². The number of hydrogen-bond acceptors (Lipinski definition) is 1. The minimum atomic E-state index is 0.0383. The fraction of sp³-hybridized carbons (Fsp3) is 0.400. The summed E-state index contributed by atoms with van der Waals surface area (Å²) in [5.41, 5.74) is 2.02. The Labute approximate surface area is 104 Å². The van der Waals surface area contributed by atoms with Gasteiger partial charge in [0.25, 0.3) is 5.91 Å². The molecular weight excluding hydrogens is 210 g/mol. The van der Waals surface area contributed by atoms with E-state index in [9.17, 15) is 4.79 Å². The second-order valence-corrected chi connectivity index (χ2v) is 5.52. The van der Waals surface area contributed by atoms with E-state index in [1.807, 2.05) is 24.3 Å². The number of nitrogens with zero attached hydrogens (tertiary/aromatic N) is 1. The van der Waals surface area contributed by atoms with Gasteiger partial charge in [0, 0.05) is 19.7 Å². The minimum Gasteiger partial charge on any atom is -0.345 e. The summed E-state index contributed by atoms with van der Waals surface area (Å²) in [6.07, 6.45) is 4.25. The highest BCUT2D eigenvalue weighted by molar-refractivity contribution is 5.94. The molecule has 0 fully saturated rings. The fourth-order valence-corrected chi connectivity index (χ4v) is 1.34. The molecule has 1 aromatic rings. The lowest BCUT2D eigenvalue weighted by molar-refractivity contribution is 0.0827. The summed E-state index contributed by atoms with van der Waals surface area (Å²) in [6.45, 7) is 6.48. The van der Waals surface area contributed by atoms with E-state index in [2.05, 4.69) is 32.9 Å². The largest absolute Gasteiger partial charge is 0.345 e. The number of hydrogen-bond donors (Lipinski definition) is 0. The van der Waals surface area contributed by atoms with Gasteiger partial charge in [-0.2, -0.15) is 0 Å². The average Bonchev–Trinajstić information content (AvgIpc) is 2.25. The molecular formula is C15H21NO. The van der Waals surface area contributed by atoms with Gasteiger partial charge in [-0.1, -0.05) is 45.1 Å². The first-order chi connectivity index (χ1) is 7.79. The molecule has 0 aliphatic rings. The third-order valence-electron chi connectivity index (χ3n) is 2.34. The lowest BCUT2D eigenvalue weighted by Gasteiger charge is -2.12. The smallest absolute Gasteiger partial charge is 0.253 e. The van der Waals surface area contributed by atoms with Crippen molar-refractivity contribution in [1.82, 2.24) is 4.90 Å². The molecule has 2 nitrogen and oxygen atoms in total. The second kappa shape index (κ2) is 5.17. The predicted molar refractivity (Wildman–Crippen MR) is 72.9 cm³/mol. The van der Waals surface area contributed by atoms with Crippen LogP contribution < -0.4 is 0 Å². The zero-order chi connectivity index (χ0) is 13.1. The number of carbonyl (C=O) groups is 1. The number of carbonyl (C=O) groups excluding carboxylic acids is 1. The molecule has 2 heteroatoms. The maximum Gasteiger partial charge on any atom is 0.253 e. The molecule has 17 heavy (non-hydrogen) atoms.